The van der Waals surface area contributed by atoms with Crippen LogP contribution >= 0.6 is 11.6 Å². The first-order valence-electron chi connectivity index (χ1n) is 9.71. The van der Waals surface area contributed by atoms with Crippen LogP contribution in [0.3, 0.4) is 0 Å². The van der Waals surface area contributed by atoms with E-state index >= 15 is 0 Å². The summed E-state index contributed by atoms with van der Waals surface area (Å²) in [6.45, 7) is 5.10. The number of nitrogens with zero attached hydrogens (tertiary/aromatic N) is 2. The average Bonchev–Trinajstić information content (AvgIpc) is 2.65. The van der Waals surface area contributed by atoms with E-state index < -0.39 is 10.0 Å². The van der Waals surface area contributed by atoms with Crippen molar-refractivity contribution in [1.82, 2.24) is 14.6 Å². The molecule has 1 amide bonds. The minimum Gasteiger partial charge on any atom is -0.353 e. The second-order valence-electron chi connectivity index (χ2n) is 7.85. The predicted octanol–water partition coefficient (Wildman–Crippen LogP) is 3.08. The van der Waals surface area contributed by atoms with Crippen LogP contribution in [0, 0.1) is 17.8 Å². The molecule has 6 nitrogen and oxygen atoms in total. The van der Waals surface area contributed by atoms with Crippen LogP contribution in [0.25, 0.3) is 0 Å². The van der Waals surface area contributed by atoms with Crippen LogP contribution in [-0.4, -0.2) is 42.7 Å². The number of hydrogen-bond acceptors (Lipinski definition) is 4. The summed E-state index contributed by atoms with van der Waals surface area (Å²) in [7, 11) is -3.68. The summed E-state index contributed by atoms with van der Waals surface area (Å²) >= 11 is 5.96. The molecule has 1 saturated heterocycles. The molecule has 2 heterocycles. The highest BCUT2D eigenvalue weighted by Crippen LogP contribution is 2.31. The van der Waals surface area contributed by atoms with Crippen LogP contribution in [-0.2, 0) is 14.8 Å². The molecule has 2 fully saturated rings. The van der Waals surface area contributed by atoms with E-state index in [2.05, 4.69) is 24.1 Å². The van der Waals surface area contributed by atoms with Gasteiger partial charge >= 0.3 is 0 Å². The molecule has 0 spiro atoms. The highest BCUT2D eigenvalue weighted by atomic mass is 35.5. The quantitative estimate of drug-likeness (QED) is 0.769. The van der Waals surface area contributed by atoms with Gasteiger partial charge in [0.15, 0.2) is 0 Å². The molecular weight excluding hydrogens is 386 g/mol. The van der Waals surface area contributed by atoms with Crippen molar-refractivity contribution < 1.29 is 13.2 Å². The van der Waals surface area contributed by atoms with E-state index in [1.165, 1.54) is 23.0 Å². The lowest BCUT2D eigenvalue weighted by molar-refractivity contribution is -0.127. The van der Waals surface area contributed by atoms with Gasteiger partial charge in [0.25, 0.3) is 0 Å². The Bertz CT molecular complexity index is 778. The van der Waals surface area contributed by atoms with Crippen LogP contribution < -0.4 is 5.32 Å². The van der Waals surface area contributed by atoms with E-state index in [0.717, 1.165) is 12.8 Å². The standard InChI is InChI=1S/C19H28ClN3O3S/c1-13-5-3-6-16(14(13)2)22-19(24)15-8-11-23(12-9-15)27(25,26)17-7-4-10-21-18(17)20/h4,7,10,13-16H,3,5-6,8-9,11-12H2,1-2H3,(H,22,24). The lowest BCUT2D eigenvalue weighted by atomic mass is 9.78. The molecule has 1 aliphatic heterocycles. The number of piperidine rings is 1. The summed E-state index contributed by atoms with van der Waals surface area (Å²) in [5, 5.41) is 3.21. The van der Waals surface area contributed by atoms with Crippen molar-refractivity contribution in [2.75, 3.05) is 13.1 Å². The Labute approximate surface area is 166 Å². The van der Waals surface area contributed by atoms with Crippen LogP contribution in [0.15, 0.2) is 23.2 Å². The van der Waals surface area contributed by atoms with Crippen molar-refractivity contribution >= 4 is 27.5 Å². The van der Waals surface area contributed by atoms with Crippen molar-refractivity contribution in [2.45, 2.75) is 56.9 Å². The Kier molecular flexibility index (Phi) is 6.43. The molecule has 1 aromatic heterocycles. The molecular formula is C19H28ClN3O3S. The molecule has 27 heavy (non-hydrogen) atoms. The number of hydrogen-bond donors (Lipinski definition) is 1. The van der Waals surface area contributed by atoms with Gasteiger partial charge in [-0.15, -0.1) is 0 Å². The second-order valence-corrected chi connectivity index (χ2v) is 10.1. The number of carbonyl (C=O) groups excluding carboxylic acids is 1. The molecule has 1 saturated carbocycles. The van der Waals surface area contributed by atoms with Crippen molar-refractivity contribution in [3.05, 3.63) is 23.5 Å². The largest absolute Gasteiger partial charge is 0.353 e. The van der Waals surface area contributed by atoms with Gasteiger partial charge in [-0.25, -0.2) is 13.4 Å². The predicted molar refractivity (Wildman–Crippen MR) is 105 cm³/mol. The third-order valence-corrected chi connectivity index (χ3v) is 8.55. The zero-order chi connectivity index (χ0) is 19.6. The van der Waals surface area contributed by atoms with E-state index in [1.807, 2.05) is 0 Å². The maximum Gasteiger partial charge on any atom is 0.246 e. The second kappa shape index (κ2) is 8.45. The topological polar surface area (TPSA) is 79.4 Å². The summed E-state index contributed by atoms with van der Waals surface area (Å²) < 4.78 is 27.0. The van der Waals surface area contributed by atoms with Gasteiger partial charge in [0.1, 0.15) is 10.0 Å². The van der Waals surface area contributed by atoms with Crippen molar-refractivity contribution in [1.29, 1.82) is 0 Å². The van der Waals surface area contributed by atoms with E-state index in [0.29, 0.717) is 37.8 Å². The summed E-state index contributed by atoms with van der Waals surface area (Å²) in [6.07, 6.45) is 5.92. The fourth-order valence-corrected chi connectivity index (χ4v) is 6.05. The number of aromatic nitrogens is 1. The minimum absolute atomic E-state index is 0.0160. The monoisotopic (exact) mass is 413 g/mol. The SMILES string of the molecule is CC1CCCC(NC(=O)C2CCN(S(=O)(=O)c3cccnc3Cl)CC2)C1C. The first-order valence-corrected chi connectivity index (χ1v) is 11.5. The maximum atomic E-state index is 12.8. The lowest BCUT2D eigenvalue weighted by Crippen LogP contribution is -2.48. The van der Waals surface area contributed by atoms with Gasteiger partial charge < -0.3 is 5.32 Å². The molecule has 0 bridgehead atoms. The fraction of sp³-hybridized carbons (Fsp3) is 0.684. The van der Waals surface area contributed by atoms with Crippen molar-refractivity contribution in [2.24, 2.45) is 17.8 Å². The molecule has 150 valence electrons. The zero-order valence-corrected chi connectivity index (χ0v) is 17.5. The van der Waals surface area contributed by atoms with Gasteiger partial charge in [0, 0.05) is 31.2 Å². The fourth-order valence-electron chi connectivity index (χ4n) is 4.15. The maximum absolute atomic E-state index is 12.8. The molecule has 3 unspecified atom stereocenters. The number of sulfonamides is 1. The number of halogens is 1. The van der Waals surface area contributed by atoms with Crippen LogP contribution in [0.5, 0.6) is 0 Å². The molecule has 1 aromatic rings. The normalized spacial score (nSPS) is 28.0. The summed E-state index contributed by atoms with van der Waals surface area (Å²) in [4.78, 5) is 16.6. The Hall–Kier alpha value is -1.18. The van der Waals surface area contributed by atoms with E-state index in [-0.39, 0.29) is 27.9 Å². The third kappa shape index (κ3) is 4.46. The molecule has 3 atom stereocenters. The van der Waals surface area contributed by atoms with E-state index in [9.17, 15) is 13.2 Å². The van der Waals surface area contributed by atoms with Gasteiger partial charge in [-0.05, 0) is 43.2 Å². The highest BCUT2D eigenvalue weighted by Gasteiger charge is 2.35. The van der Waals surface area contributed by atoms with Gasteiger partial charge in [-0.1, -0.05) is 38.3 Å². The Balaban J connectivity index is 1.58. The Morgan fingerprint density at radius 2 is 1.93 bits per heavy atom. The van der Waals surface area contributed by atoms with Gasteiger partial charge in [0.2, 0.25) is 15.9 Å². The van der Waals surface area contributed by atoms with Gasteiger partial charge in [-0.3, -0.25) is 4.79 Å². The lowest BCUT2D eigenvalue weighted by Gasteiger charge is -2.36. The number of rotatable bonds is 4. The molecule has 1 aliphatic carbocycles. The van der Waals surface area contributed by atoms with Gasteiger partial charge in [-0.2, -0.15) is 4.31 Å². The highest BCUT2D eigenvalue weighted by molar-refractivity contribution is 7.89. The van der Waals surface area contributed by atoms with Crippen molar-refractivity contribution in [3.8, 4) is 0 Å². The molecule has 2 aliphatic rings. The molecule has 0 radical (unpaired) electrons. The molecule has 8 heteroatoms. The van der Waals surface area contributed by atoms with Crippen LogP contribution in [0.4, 0.5) is 0 Å². The number of amides is 1. The number of pyridine rings is 1. The first-order chi connectivity index (χ1) is 12.8. The summed E-state index contributed by atoms with van der Waals surface area (Å²) in [5.41, 5.74) is 0. The number of nitrogens with one attached hydrogen (secondary N) is 1. The summed E-state index contributed by atoms with van der Waals surface area (Å²) in [6, 6.07) is 3.26. The smallest absolute Gasteiger partial charge is 0.246 e. The van der Waals surface area contributed by atoms with E-state index in [1.54, 1.807) is 6.07 Å². The molecule has 3 rings (SSSR count). The molecule has 0 aromatic carbocycles. The Morgan fingerprint density at radius 3 is 2.59 bits per heavy atom. The third-order valence-electron chi connectivity index (χ3n) is 6.20. The minimum atomic E-state index is -3.68. The average molecular weight is 414 g/mol. The number of carbonyl (C=O) groups is 1. The zero-order valence-electron chi connectivity index (χ0n) is 15.9. The summed E-state index contributed by atoms with van der Waals surface area (Å²) in [5.74, 6) is 1.04. The van der Waals surface area contributed by atoms with Crippen LogP contribution in [0.2, 0.25) is 5.15 Å². The van der Waals surface area contributed by atoms with Gasteiger partial charge in [0.05, 0.1) is 0 Å². The first kappa shape index (κ1) is 20.6. The van der Waals surface area contributed by atoms with E-state index in [4.69, 9.17) is 11.6 Å². The molecule has 1 N–H and O–H groups in total. The Morgan fingerprint density at radius 1 is 1.22 bits per heavy atom. The van der Waals surface area contributed by atoms with Crippen LogP contribution in [0.1, 0.15) is 46.0 Å². The van der Waals surface area contributed by atoms with Crippen molar-refractivity contribution in [3.63, 3.8) is 0 Å².